The van der Waals surface area contributed by atoms with E-state index in [1.165, 1.54) is 11.1 Å². The van der Waals surface area contributed by atoms with Gasteiger partial charge in [-0.05, 0) is 11.1 Å². The lowest BCUT2D eigenvalue weighted by Crippen LogP contribution is -2.22. The van der Waals surface area contributed by atoms with E-state index in [1.807, 2.05) is 0 Å². The largest absolute Gasteiger partial charge is 0.0761 e. The molecule has 1 aromatic carbocycles. The van der Waals surface area contributed by atoms with Gasteiger partial charge in [0.05, 0.1) is 0 Å². The normalized spacial score (nSPS) is 29.0. The van der Waals surface area contributed by atoms with Crippen LogP contribution >= 0.6 is 0 Å². The van der Waals surface area contributed by atoms with Crippen LogP contribution in [0.5, 0.6) is 0 Å². The molecule has 0 radical (unpaired) electrons. The van der Waals surface area contributed by atoms with Gasteiger partial charge in [0, 0.05) is 11.8 Å². The van der Waals surface area contributed by atoms with Crippen LogP contribution in [0, 0.1) is 0 Å². The molecule has 2 atom stereocenters. The first-order valence-corrected chi connectivity index (χ1v) is 4.40. The molecule has 2 aliphatic carbocycles. The van der Waals surface area contributed by atoms with E-state index in [9.17, 15) is 0 Å². The zero-order chi connectivity index (χ0) is 7.97. The molecule has 0 N–H and O–H groups in total. The molecule has 0 fully saturated rings. The molecule has 1 aromatic rings. The van der Waals surface area contributed by atoms with Crippen LogP contribution in [0.25, 0.3) is 0 Å². The fourth-order valence-corrected chi connectivity index (χ4v) is 2.22. The number of fused-ring (bicyclic) bond motifs is 4. The third-order valence-electron chi connectivity index (χ3n) is 2.85. The van der Waals surface area contributed by atoms with Gasteiger partial charge in [0.1, 0.15) is 0 Å². The van der Waals surface area contributed by atoms with Crippen LogP contribution in [0.3, 0.4) is 0 Å². The molecule has 0 saturated heterocycles. The summed E-state index contributed by atoms with van der Waals surface area (Å²) in [5.74, 6) is 1.34. The first-order valence-electron chi connectivity index (χ1n) is 4.40. The highest BCUT2D eigenvalue weighted by Crippen LogP contribution is 2.49. The summed E-state index contributed by atoms with van der Waals surface area (Å²) in [6.45, 7) is 0. The topological polar surface area (TPSA) is 0 Å². The lowest BCUT2D eigenvalue weighted by Gasteiger charge is -2.37. The Labute approximate surface area is 72.2 Å². The number of rotatable bonds is 0. The highest BCUT2D eigenvalue weighted by Gasteiger charge is 2.33. The number of hydrogen-bond acceptors (Lipinski definition) is 0. The molecule has 0 saturated carbocycles. The summed E-state index contributed by atoms with van der Waals surface area (Å²) in [5.41, 5.74) is 3.03. The number of benzene rings is 1. The first-order chi connectivity index (χ1) is 5.97. The Morgan fingerprint density at radius 2 is 1.25 bits per heavy atom. The van der Waals surface area contributed by atoms with Gasteiger partial charge in [-0.15, -0.1) is 0 Å². The van der Waals surface area contributed by atoms with Gasteiger partial charge < -0.3 is 0 Å². The minimum Gasteiger partial charge on any atom is -0.0761 e. The van der Waals surface area contributed by atoms with Gasteiger partial charge >= 0.3 is 0 Å². The van der Waals surface area contributed by atoms with E-state index >= 15 is 0 Å². The van der Waals surface area contributed by atoms with E-state index in [0.29, 0.717) is 11.8 Å². The second-order valence-electron chi connectivity index (χ2n) is 3.45. The molecular weight excluding hydrogens is 144 g/mol. The molecule has 0 heterocycles. The van der Waals surface area contributed by atoms with E-state index in [4.69, 9.17) is 0 Å². The standard InChI is InChI=1S/C12H10/c1-2-6-10-9(5-1)11-7-3-4-8-12(10)11/h1-10H/t9-,10+. The molecule has 0 unspecified atom stereocenters. The fraction of sp³-hybridized carbons (Fsp3) is 0.167. The van der Waals surface area contributed by atoms with Crippen LogP contribution in [0.4, 0.5) is 0 Å². The SMILES string of the molecule is C1=C[C@@H]2c3ccccc3[C@@H]2C=C1. The minimum atomic E-state index is 0.672. The van der Waals surface area contributed by atoms with Gasteiger partial charge in [0.2, 0.25) is 0 Å². The van der Waals surface area contributed by atoms with Crippen molar-refractivity contribution in [2.24, 2.45) is 0 Å². The monoisotopic (exact) mass is 154 g/mol. The van der Waals surface area contributed by atoms with Crippen LogP contribution in [0.1, 0.15) is 23.0 Å². The second kappa shape index (κ2) is 2.10. The van der Waals surface area contributed by atoms with Gasteiger partial charge in [0.15, 0.2) is 0 Å². The Hall–Kier alpha value is -1.30. The van der Waals surface area contributed by atoms with Crippen LogP contribution < -0.4 is 0 Å². The first kappa shape index (κ1) is 6.24. The van der Waals surface area contributed by atoms with Crippen molar-refractivity contribution in [1.29, 1.82) is 0 Å². The minimum absolute atomic E-state index is 0.672. The summed E-state index contributed by atoms with van der Waals surface area (Å²) in [6.07, 6.45) is 8.90. The molecular formula is C12H10. The van der Waals surface area contributed by atoms with Gasteiger partial charge in [-0.1, -0.05) is 48.6 Å². The van der Waals surface area contributed by atoms with Gasteiger partial charge in [-0.25, -0.2) is 0 Å². The molecule has 0 heteroatoms. The fourth-order valence-electron chi connectivity index (χ4n) is 2.22. The van der Waals surface area contributed by atoms with Crippen molar-refractivity contribution < 1.29 is 0 Å². The average Bonchev–Trinajstić information content (AvgIpc) is 2.14. The molecule has 0 aliphatic heterocycles. The van der Waals surface area contributed by atoms with Crippen molar-refractivity contribution in [3.63, 3.8) is 0 Å². The number of allylic oxidation sites excluding steroid dienone is 4. The van der Waals surface area contributed by atoms with E-state index in [-0.39, 0.29) is 0 Å². The lowest BCUT2D eigenvalue weighted by molar-refractivity contribution is 0.637. The molecule has 2 aliphatic rings. The quantitative estimate of drug-likeness (QED) is 0.539. The zero-order valence-electron chi connectivity index (χ0n) is 6.77. The Morgan fingerprint density at radius 3 is 1.75 bits per heavy atom. The maximum atomic E-state index is 2.30. The van der Waals surface area contributed by atoms with Crippen LogP contribution in [0.2, 0.25) is 0 Å². The van der Waals surface area contributed by atoms with Gasteiger partial charge in [-0.3, -0.25) is 0 Å². The Balaban J connectivity index is 2.17. The van der Waals surface area contributed by atoms with Gasteiger partial charge in [-0.2, -0.15) is 0 Å². The molecule has 0 bridgehead atoms. The molecule has 58 valence electrons. The summed E-state index contributed by atoms with van der Waals surface area (Å²) >= 11 is 0. The second-order valence-corrected chi connectivity index (χ2v) is 3.45. The Bertz CT molecular complexity index is 334. The lowest BCUT2D eigenvalue weighted by atomic mass is 9.66. The van der Waals surface area contributed by atoms with Crippen LogP contribution in [-0.4, -0.2) is 0 Å². The van der Waals surface area contributed by atoms with E-state index in [2.05, 4.69) is 48.6 Å². The molecule has 0 aromatic heterocycles. The van der Waals surface area contributed by atoms with E-state index < -0.39 is 0 Å². The zero-order valence-corrected chi connectivity index (χ0v) is 6.77. The molecule has 12 heavy (non-hydrogen) atoms. The highest BCUT2D eigenvalue weighted by molar-refractivity contribution is 5.52. The molecule has 0 spiro atoms. The Morgan fingerprint density at radius 1 is 0.750 bits per heavy atom. The van der Waals surface area contributed by atoms with Crippen molar-refractivity contribution in [3.05, 3.63) is 59.7 Å². The third kappa shape index (κ3) is 0.626. The van der Waals surface area contributed by atoms with Crippen molar-refractivity contribution in [1.82, 2.24) is 0 Å². The maximum Gasteiger partial charge on any atom is 0.0128 e. The van der Waals surface area contributed by atoms with Crippen molar-refractivity contribution in [3.8, 4) is 0 Å². The number of hydrogen-bond donors (Lipinski definition) is 0. The van der Waals surface area contributed by atoms with E-state index in [1.54, 1.807) is 0 Å². The summed E-state index contributed by atoms with van der Waals surface area (Å²) in [7, 11) is 0. The summed E-state index contributed by atoms with van der Waals surface area (Å²) in [6, 6.07) is 8.72. The summed E-state index contributed by atoms with van der Waals surface area (Å²) < 4.78 is 0. The third-order valence-corrected chi connectivity index (χ3v) is 2.85. The van der Waals surface area contributed by atoms with Crippen molar-refractivity contribution in [2.45, 2.75) is 11.8 Å². The molecule has 0 amide bonds. The van der Waals surface area contributed by atoms with Crippen LogP contribution in [0.15, 0.2) is 48.6 Å². The van der Waals surface area contributed by atoms with E-state index in [0.717, 1.165) is 0 Å². The highest BCUT2D eigenvalue weighted by atomic mass is 14.4. The van der Waals surface area contributed by atoms with Gasteiger partial charge in [0.25, 0.3) is 0 Å². The van der Waals surface area contributed by atoms with Crippen LogP contribution in [-0.2, 0) is 0 Å². The van der Waals surface area contributed by atoms with Crippen molar-refractivity contribution in [2.75, 3.05) is 0 Å². The maximum absolute atomic E-state index is 2.30. The molecule has 0 nitrogen and oxygen atoms in total. The smallest absolute Gasteiger partial charge is 0.0128 e. The Kier molecular flexibility index (Phi) is 1.09. The predicted molar refractivity (Wildman–Crippen MR) is 50.2 cm³/mol. The van der Waals surface area contributed by atoms with Crippen molar-refractivity contribution >= 4 is 0 Å². The summed E-state index contributed by atoms with van der Waals surface area (Å²) in [4.78, 5) is 0. The average molecular weight is 154 g/mol. The molecule has 3 rings (SSSR count). The predicted octanol–water partition coefficient (Wildman–Crippen LogP) is 2.99. The summed E-state index contributed by atoms with van der Waals surface area (Å²) in [5, 5.41) is 0.